The number of rotatable bonds is 4. The van der Waals surface area contributed by atoms with Crippen molar-refractivity contribution in [1.29, 1.82) is 0 Å². The first-order valence-corrected chi connectivity index (χ1v) is 9.51. The van der Waals surface area contributed by atoms with Crippen LogP contribution in [0.2, 0.25) is 0 Å². The van der Waals surface area contributed by atoms with Crippen molar-refractivity contribution in [2.75, 3.05) is 26.3 Å². The van der Waals surface area contributed by atoms with Gasteiger partial charge in [0.2, 0.25) is 0 Å². The van der Waals surface area contributed by atoms with Gasteiger partial charge in [0.25, 0.3) is 11.8 Å². The summed E-state index contributed by atoms with van der Waals surface area (Å²) in [7, 11) is 0. The zero-order valence-corrected chi connectivity index (χ0v) is 15.6. The van der Waals surface area contributed by atoms with Gasteiger partial charge in [-0.05, 0) is 17.7 Å². The van der Waals surface area contributed by atoms with E-state index >= 15 is 0 Å². The number of ether oxygens (including phenoxy) is 2. The van der Waals surface area contributed by atoms with Gasteiger partial charge in [0.1, 0.15) is 5.69 Å². The molecule has 146 valence electrons. The van der Waals surface area contributed by atoms with E-state index in [2.05, 4.69) is 10.3 Å². The molecular formula is C21H23N3O4. The van der Waals surface area contributed by atoms with Crippen LogP contribution in [0.4, 0.5) is 0 Å². The molecule has 2 aliphatic heterocycles. The fourth-order valence-electron chi connectivity index (χ4n) is 3.57. The van der Waals surface area contributed by atoms with E-state index in [1.807, 2.05) is 30.3 Å². The minimum atomic E-state index is -0.524. The van der Waals surface area contributed by atoms with E-state index in [4.69, 9.17) is 9.47 Å². The average molecular weight is 381 g/mol. The van der Waals surface area contributed by atoms with Crippen molar-refractivity contribution in [3.63, 3.8) is 0 Å². The van der Waals surface area contributed by atoms with Crippen LogP contribution in [0.25, 0.3) is 0 Å². The van der Waals surface area contributed by atoms with E-state index in [9.17, 15) is 9.59 Å². The van der Waals surface area contributed by atoms with Crippen molar-refractivity contribution in [2.45, 2.75) is 25.2 Å². The Hall–Kier alpha value is -2.77. The van der Waals surface area contributed by atoms with E-state index in [1.54, 1.807) is 17.0 Å². The summed E-state index contributed by atoms with van der Waals surface area (Å²) in [6.07, 6.45) is 2.80. The number of aromatic nitrogens is 1. The predicted molar refractivity (Wildman–Crippen MR) is 102 cm³/mol. The molecule has 2 saturated heterocycles. The van der Waals surface area contributed by atoms with Gasteiger partial charge in [0.05, 0.1) is 13.2 Å². The van der Waals surface area contributed by atoms with Crippen LogP contribution in [0.15, 0.2) is 48.7 Å². The Kier molecular flexibility index (Phi) is 5.36. The Morgan fingerprint density at radius 2 is 1.79 bits per heavy atom. The van der Waals surface area contributed by atoms with Gasteiger partial charge in [-0.2, -0.15) is 0 Å². The van der Waals surface area contributed by atoms with Crippen LogP contribution in [-0.4, -0.2) is 53.8 Å². The zero-order valence-electron chi connectivity index (χ0n) is 15.6. The topological polar surface area (TPSA) is 80.8 Å². The molecule has 2 aromatic rings. The fraction of sp³-hybridized carbons (Fsp3) is 0.381. The maximum Gasteiger partial charge on any atom is 0.272 e. The predicted octanol–water partition coefficient (Wildman–Crippen LogP) is 1.99. The summed E-state index contributed by atoms with van der Waals surface area (Å²) in [5, 5.41) is 2.87. The van der Waals surface area contributed by atoms with E-state index in [0.717, 1.165) is 5.56 Å². The van der Waals surface area contributed by atoms with Gasteiger partial charge >= 0.3 is 0 Å². The van der Waals surface area contributed by atoms with Crippen LogP contribution in [-0.2, 0) is 16.0 Å². The van der Waals surface area contributed by atoms with Gasteiger partial charge in [-0.15, -0.1) is 0 Å². The van der Waals surface area contributed by atoms with Crippen molar-refractivity contribution < 1.29 is 19.1 Å². The molecule has 4 rings (SSSR count). The molecule has 0 bridgehead atoms. The van der Waals surface area contributed by atoms with Crippen molar-refractivity contribution in [3.05, 3.63) is 65.5 Å². The Morgan fingerprint density at radius 3 is 2.50 bits per heavy atom. The van der Waals surface area contributed by atoms with Gasteiger partial charge < -0.3 is 19.7 Å². The smallest absolute Gasteiger partial charge is 0.272 e. The lowest BCUT2D eigenvalue weighted by Crippen LogP contribution is -2.47. The quantitative estimate of drug-likeness (QED) is 0.876. The van der Waals surface area contributed by atoms with Crippen LogP contribution in [0.3, 0.4) is 0 Å². The van der Waals surface area contributed by atoms with Crippen molar-refractivity contribution >= 4 is 11.8 Å². The number of amides is 2. The molecule has 1 spiro atoms. The lowest BCUT2D eigenvalue weighted by atomic mass is 10.0. The van der Waals surface area contributed by atoms with Gasteiger partial charge in [-0.3, -0.25) is 14.6 Å². The number of hydrogen-bond acceptors (Lipinski definition) is 5. The van der Waals surface area contributed by atoms with E-state index in [0.29, 0.717) is 51.3 Å². The first-order chi connectivity index (χ1) is 13.7. The lowest BCUT2D eigenvalue weighted by molar-refractivity contribution is -0.181. The third kappa shape index (κ3) is 4.05. The molecule has 2 amide bonds. The van der Waals surface area contributed by atoms with Crippen molar-refractivity contribution in [1.82, 2.24) is 15.2 Å². The van der Waals surface area contributed by atoms with Crippen LogP contribution in [0.1, 0.15) is 39.3 Å². The zero-order chi connectivity index (χ0) is 19.4. The molecule has 0 saturated carbocycles. The minimum Gasteiger partial charge on any atom is -0.348 e. The van der Waals surface area contributed by atoms with Gasteiger partial charge in [0.15, 0.2) is 5.79 Å². The number of hydrogen-bond donors (Lipinski definition) is 1. The highest BCUT2D eigenvalue weighted by Gasteiger charge is 2.41. The second kappa shape index (κ2) is 8.08. The number of pyridine rings is 1. The summed E-state index contributed by atoms with van der Waals surface area (Å²) in [6.45, 7) is 2.74. The first-order valence-electron chi connectivity index (χ1n) is 9.51. The SMILES string of the molecule is O=C(NCc1ccccc1)c1ccnc(C(=O)N2CCC3(CC2)OCCO3)c1. The summed E-state index contributed by atoms with van der Waals surface area (Å²) in [5.41, 5.74) is 1.71. The summed E-state index contributed by atoms with van der Waals surface area (Å²) >= 11 is 0. The molecule has 0 atom stereocenters. The largest absolute Gasteiger partial charge is 0.348 e. The highest BCUT2D eigenvalue weighted by molar-refractivity contribution is 5.98. The molecule has 0 aliphatic carbocycles. The Bertz CT molecular complexity index is 840. The monoisotopic (exact) mass is 381 g/mol. The molecule has 7 heteroatoms. The maximum absolute atomic E-state index is 12.8. The summed E-state index contributed by atoms with van der Waals surface area (Å²) < 4.78 is 11.4. The Morgan fingerprint density at radius 1 is 1.07 bits per heavy atom. The van der Waals surface area contributed by atoms with Gasteiger partial charge in [0, 0.05) is 44.2 Å². The standard InChI is InChI=1S/C21H23N3O4/c25-19(23-15-16-4-2-1-3-5-16)17-6-9-22-18(14-17)20(26)24-10-7-21(8-11-24)27-12-13-28-21/h1-6,9,14H,7-8,10-13,15H2,(H,23,25). The second-order valence-electron chi connectivity index (χ2n) is 7.00. The molecule has 0 radical (unpaired) electrons. The van der Waals surface area contributed by atoms with Crippen LogP contribution < -0.4 is 5.32 Å². The molecular weight excluding hydrogens is 358 g/mol. The highest BCUT2D eigenvalue weighted by atomic mass is 16.7. The van der Waals surface area contributed by atoms with E-state index in [1.165, 1.54) is 6.20 Å². The van der Waals surface area contributed by atoms with Crippen LogP contribution >= 0.6 is 0 Å². The fourth-order valence-corrected chi connectivity index (χ4v) is 3.57. The molecule has 0 unspecified atom stereocenters. The maximum atomic E-state index is 12.8. The third-order valence-electron chi connectivity index (χ3n) is 5.16. The number of carbonyl (C=O) groups is 2. The summed E-state index contributed by atoms with van der Waals surface area (Å²) in [4.78, 5) is 31.2. The second-order valence-corrected chi connectivity index (χ2v) is 7.00. The number of piperidine rings is 1. The normalized spacial score (nSPS) is 18.2. The minimum absolute atomic E-state index is 0.175. The van der Waals surface area contributed by atoms with Crippen LogP contribution in [0.5, 0.6) is 0 Å². The molecule has 1 aromatic carbocycles. The molecule has 2 aliphatic rings. The summed E-state index contributed by atoms with van der Waals surface area (Å²) in [6, 6.07) is 12.8. The third-order valence-corrected chi connectivity index (χ3v) is 5.16. The molecule has 28 heavy (non-hydrogen) atoms. The first kappa shape index (κ1) is 18.6. The number of benzene rings is 1. The number of likely N-dealkylation sites (tertiary alicyclic amines) is 1. The molecule has 2 fully saturated rings. The summed E-state index contributed by atoms with van der Waals surface area (Å²) in [5.74, 6) is -0.931. The van der Waals surface area contributed by atoms with Crippen LogP contribution in [0, 0.1) is 0 Å². The average Bonchev–Trinajstić information content (AvgIpc) is 3.21. The molecule has 1 N–H and O–H groups in total. The van der Waals surface area contributed by atoms with E-state index in [-0.39, 0.29) is 17.5 Å². The van der Waals surface area contributed by atoms with Crippen molar-refractivity contribution in [3.8, 4) is 0 Å². The number of carbonyl (C=O) groups excluding carboxylic acids is 2. The van der Waals surface area contributed by atoms with Gasteiger partial charge in [-0.25, -0.2) is 0 Å². The molecule has 7 nitrogen and oxygen atoms in total. The molecule has 3 heterocycles. The molecule has 1 aromatic heterocycles. The lowest BCUT2D eigenvalue weighted by Gasteiger charge is -2.37. The number of nitrogens with zero attached hydrogens (tertiary/aromatic N) is 2. The highest BCUT2D eigenvalue weighted by Crippen LogP contribution is 2.31. The van der Waals surface area contributed by atoms with Gasteiger partial charge in [-0.1, -0.05) is 30.3 Å². The van der Waals surface area contributed by atoms with Crippen molar-refractivity contribution in [2.24, 2.45) is 0 Å². The van der Waals surface area contributed by atoms with E-state index < -0.39 is 5.79 Å². The number of nitrogens with one attached hydrogen (secondary N) is 1. The Balaban J connectivity index is 1.37. The Labute approximate surface area is 163 Å².